The Balaban J connectivity index is 1.51. The summed E-state index contributed by atoms with van der Waals surface area (Å²) in [6.07, 6.45) is 14.7. The van der Waals surface area contributed by atoms with E-state index < -0.39 is 0 Å². The second-order valence-electron chi connectivity index (χ2n) is 7.16. The van der Waals surface area contributed by atoms with Crippen LogP contribution in [0.2, 0.25) is 0 Å². The number of nitrogens with zero attached hydrogens (tertiary/aromatic N) is 1. The molecule has 1 saturated heterocycles. The zero-order valence-electron chi connectivity index (χ0n) is 12.7. The van der Waals surface area contributed by atoms with E-state index in [4.69, 9.17) is 0 Å². The lowest BCUT2D eigenvalue weighted by Gasteiger charge is -2.44. The number of piperidine rings is 1. The first-order chi connectivity index (χ1) is 9.38. The molecule has 0 spiro atoms. The van der Waals surface area contributed by atoms with Gasteiger partial charge < -0.3 is 10.2 Å². The van der Waals surface area contributed by atoms with Gasteiger partial charge in [0.15, 0.2) is 0 Å². The Labute approximate surface area is 119 Å². The van der Waals surface area contributed by atoms with Gasteiger partial charge in [-0.15, -0.1) is 0 Å². The van der Waals surface area contributed by atoms with E-state index in [1.165, 1.54) is 77.3 Å². The van der Waals surface area contributed by atoms with Crippen molar-refractivity contribution in [3.05, 3.63) is 0 Å². The summed E-state index contributed by atoms with van der Waals surface area (Å²) < 4.78 is 0. The molecule has 1 aliphatic heterocycles. The van der Waals surface area contributed by atoms with Crippen molar-refractivity contribution >= 4 is 0 Å². The number of likely N-dealkylation sites (tertiary alicyclic amines) is 1. The maximum Gasteiger partial charge on any atom is 0.0123 e. The second kappa shape index (κ2) is 6.58. The average molecular weight is 264 g/mol. The van der Waals surface area contributed by atoms with Gasteiger partial charge in [-0.2, -0.15) is 0 Å². The van der Waals surface area contributed by atoms with Crippen molar-refractivity contribution in [3.63, 3.8) is 0 Å². The molecule has 0 aromatic rings. The molecule has 3 aliphatic rings. The molecule has 0 amide bonds. The molecule has 19 heavy (non-hydrogen) atoms. The van der Waals surface area contributed by atoms with E-state index in [1.807, 2.05) is 0 Å². The molecule has 3 rings (SSSR count). The van der Waals surface area contributed by atoms with Crippen LogP contribution in [0.3, 0.4) is 0 Å². The predicted molar refractivity (Wildman–Crippen MR) is 81.4 cm³/mol. The van der Waals surface area contributed by atoms with Gasteiger partial charge in [0.25, 0.3) is 0 Å². The highest BCUT2D eigenvalue weighted by molar-refractivity contribution is 4.89. The van der Waals surface area contributed by atoms with Crippen molar-refractivity contribution in [2.24, 2.45) is 11.8 Å². The molecule has 4 atom stereocenters. The molecule has 4 unspecified atom stereocenters. The molecule has 2 heteroatoms. The minimum Gasteiger partial charge on any atom is -0.317 e. The van der Waals surface area contributed by atoms with Crippen molar-refractivity contribution < 1.29 is 0 Å². The molecule has 2 saturated carbocycles. The van der Waals surface area contributed by atoms with Crippen molar-refractivity contribution in [3.8, 4) is 0 Å². The van der Waals surface area contributed by atoms with E-state index in [0.29, 0.717) is 0 Å². The number of hydrogen-bond donors (Lipinski definition) is 1. The minimum atomic E-state index is 0.812. The lowest BCUT2D eigenvalue weighted by atomic mass is 9.78. The van der Waals surface area contributed by atoms with Gasteiger partial charge in [-0.1, -0.05) is 19.3 Å². The van der Waals surface area contributed by atoms with Gasteiger partial charge in [0, 0.05) is 12.1 Å². The van der Waals surface area contributed by atoms with Crippen molar-refractivity contribution in [2.75, 3.05) is 20.1 Å². The molecule has 2 aliphatic carbocycles. The Morgan fingerprint density at radius 3 is 2.68 bits per heavy atom. The average Bonchev–Trinajstić information content (AvgIpc) is 2.92. The maximum atomic E-state index is 3.54. The number of hydrogen-bond acceptors (Lipinski definition) is 2. The summed E-state index contributed by atoms with van der Waals surface area (Å²) in [6.45, 7) is 2.77. The summed E-state index contributed by atoms with van der Waals surface area (Å²) in [6, 6.07) is 1.77. The SMILES string of the molecule is CNC1CCCC1CCN1CCCC2CCCCC21. The fraction of sp³-hybridized carbons (Fsp3) is 1.00. The van der Waals surface area contributed by atoms with Crippen LogP contribution in [-0.4, -0.2) is 37.1 Å². The highest BCUT2D eigenvalue weighted by Crippen LogP contribution is 2.36. The maximum absolute atomic E-state index is 3.54. The van der Waals surface area contributed by atoms with Crippen LogP contribution in [0, 0.1) is 11.8 Å². The smallest absolute Gasteiger partial charge is 0.0123 e. The standard InChI is InChI=1S/C17H32N2/c1-18-16-9-4-7-14(16)11-13-19-12-5-8-15-6-2-3-10-17(15)19/h14-18H,2-13H2,1H3. The van der Waals surface area contributed by atoms with E-state index >= 15 is 0 Å². The van der Waals surface area contributed by atoms with Crippen molar-refractivity contribution in [1.82, 2.24) is 10.2 Å². The Kier molecular flexibility index (Phi) is 4.81. The quantitative estimate of drug-likeness (QED) is 0.837. The molecule has 0 bridgehead atoms. The van der Waals surface area contributed by atoms with Crippen LogP contribution in [0.15, 0.2) is 0 Å². The zero-order chi connectivity index (χ0) is 13.1. The Bertz CT molecular complexity index is 276. The van der Waals surface area contributed by atoms with Crippen LogP contribution in [0.1, 0.15) is 64.2 Å². The molecule has 2 nitrogen and oxygen atoms in total. The zero-order valence-corrected chi connectivity index (χ0v) is 12.7. The summed E-state index contributed by atoms with van der Waals surface area (Å²) in [4.78, 5) is 2.87. The monoisotopic (exact) mass is 264 g/mol. The molecule has 3 fully saturated rings. The Hall–Kier alpha value is -0.0800. The first-order valence-electron chi connectivity index (χ1n) is 8.80. The highest BCUT2D eigenvalue weighted by atomic mass is 15.2. The fourth-order valence-corrected chi connectivity index (χ4v) is 5.10. The van der Waals surface area contributed by atoms with Crippen molar-refractivity contribution in [2.45, 2.75) is 76.3 Å². The van der Waals surface area contributed by atoms with E-state index in [-0.39, 0.29) is 0 Å². The van der Waals surface area contributed by atoms with Gasteiger partial charge >= 0.3 is 0 Å². The summed E-state index contributed by atoms with van der Waals surface area (Å²) in [7, 11) is 2.15. The third-order valence-electron chi connectivity index (χ3n) is 6.18. The predicted octanol–water partition coefficient (Wildman–Crippen LogP) is 3.42. The van der Waals surface area contributed by atoms with Gasteiger partial charge in [0.05, 0.1) is 0 Å². The third-order valence-corrected chi connectivity index (χ3v) is 6.18. The summed E-state index contributed by atoms with van der Waals surface area (Å²) in [5.74, 6) is 2.00. The summed E-state index contributed by atoms with van der Waals surface area (Å²) in [5, 5.41) is 3.54. The van der Waals surface area contributed by atoms with Crippen LogP contribution in [0.25, 0.3) is 0 Å². The fourth-order valence-electron chi connectivity index (χ4n) is 5.10. The third kappa shape index (κ3) is 3.16. The van der Waals surface area contributed by atoms with E-state index in [9.17, 15) is 0 Å². The first-order valence-corrected chi connectivity index (χ1v) is 8.80. The Morgan fingerprint density at radius 1 is 0.947 bits per heavy atom. The van der Waals surface area contributed by atoms with E-state index in [2.05, 4.69) is 17.3 Å². The largest absolute Gasteiger partial charge is 0.317 e. The normalized spacial score (nSPS) is 40.3. The van der Waals surface area contributed by atoms with Crippen LogP contribution >= 0.6 is 0 Å². The number of nitrogens with one attached hydrogen (secondary N) is 1. The minimum absolute atomic E-state index is 0.812. The summed E-state index contributed by atoms with van der Waals surface area (Å²) in [5.41, 5.74) is 0. The highest BCUT2D eigenvalue weighted by Gasteiger charge is 2.34. The van der Waals surface area contributed by atoms with Gasteiger partial charge in [-0.25, -0.2) is 0 Å². The molecule has 1 heterocycles. The topological polar surface area (TPSA) is 15.3 Å². The van der Waals surface area contributed by atoms with Gasteiger partial charge in [-0.3, -0.25) is 0 Å². The van der Waals surface area contributed by atoms with E-state index in [1.54, 1.807) is 0 Å². The first kappa shape index (κ1) is 13.9. The van der Waals surface area contributed by atoms with Crippen LogP contribution < -0.4 is 5.32 Å². The molecular weight excluding hydrogens is 232 g/mol. The van der Waals surface area contributed by atoms with Crippen LogP contribution in [0.4, 0.5) is 0 Å². The van der Waals surface area contributed by atoms with Gasteiger partial charge in [-0.05, 0) is 76.9 Å². The Morgan fingerprint density at radius 2 is 1.79 bits per heavy atom. The molecule has 1 N–H and O–H groups in total. The van der Waals surface area contributed by atoms with Gasteiger partial charge in [0.1, 0.15) is 0 Å². The molecule has 0 aromatic carbocycles. The number of fused-ring (bicyclic) bond motifs is 1. The number of rotatable bonds is 4. The van der Waals surface area contributed by atoms with Crippen LogP contribution in [0.5, 0.6) is 0 Å². The molecular formula is C17H32N2. The van der Waals surface area contributed by atoms with Gasteiger partial charge in [0.2, 0.25) is 0 Å². The van der Waals surface area contributed by atoms with Crippen LogP contribution in [-0.2, 0) is 0 Å². The van der Waals surface area contributed by atoms with E-state index in [0.717, 1.165) is 23.9 Å². The van der Waals surface area contributed by atoms with Crippen molar-refractivity contribution in [1.29, 1.82) is 0 Å². The lowest BCUT2D eigenvalue weighted by molar-refractivity contribution is 0.0555. The molecule has 110 valence electrons. The lowest BCUT2D eigenvalue weighted by Crippen LogP contribution is -2.47. The second-order valence-corrected chi connectivity index (χ2v) is 7.16. The molecule has 0 radical (unpaired) electrons. The summed E-state index contributed by atoms with van der Waals surface area (Å²) >= 11 is 0. The molecule has 0 aromatic heterocycles.